The molecule has 22 heavy (non-hydrogen) atoms. The predicted octanol–water partition coefficient (Wildman–Crippen LogP) is 0.897. The minimum absolute atomic E-state index is 0.200. The van der Waals surface area contributed by atoms with E-state index in [1.807, 2.05) is 19.1 Å². The van der Waals surface area contributed by atoms with E-state index in [1.165, 1.54) is 0 Å². The lowest BCUT2D eigenvalue weighted by Gasteiger charge is -2.28. The number of aromatic nitrogens is 2. The summed E-state index contributed by atoms with van der Waals surface area (Å²) in [4.78, 5) is 11.4. The summed E-state index contributed by atoms with van der Waals surface area (Å²) in [6.45, 7) is 9.01. The van der Waals surface area contributed by atoms with Gasteiger partial charge in [0.15, 0.2) is 5.82 Å². The lowest BCUT2D eigenvalue weighted by Crippen LogP contribution is -2.43. The molecule has 0 amide bonds. The number of hydrogen-bond donors (Lipinski definition) is 1. The van der Waals surface area contributed by atoms with Crippen LogP contribution in [0, 0.1) is 0 Å². The zero-order valence-corrected chi connectivity index (χ0v) is 12.6. The molecule has 0 atom stereocenters. The van der Waals surface area contributed by atoms with Crippen molar-refractivity contribution in [1.29, 1.82) is 0 Å². The van der Waals surface area contributed by atoms with Gasteiger partial charge in [-0.25, -0.2) is 9.97 Å². The van der Waals surface area contributed by atoms with E-state index in [2.05, 4.69) is 16.5 Å². The number of nitrogens with zero attached hydrogens (tertiary/aromatic N) is 3. The van der Waals surface area contributed by atoms with Crippen molar-refractivity contribution < 1.29 is 9.84 Å². The lowest BCUT2D eigenvalue weighted by atomic mass is 10.2. The van der Waals surface area contributed by atoms with Crippen LogP contribution in [0.3, 0.4) is 0 Å². The Morgan fingerprint density at radius 3 is 2.73 bits per heavy atom. The van der Waals surface area contributed by atoms with Crippen LogP contribution < -0.4 is 15.5 Å². The number of ether oxygens (including phenoxy) is 1. The monoisotopic (exact) mass is 297 g/mol. The Balaban J connectivity index is 2.14. The van der Waals surface area contributed by atoms with E-state index in [-0.39, 0.29) is 5.75 Å². The zero-order valence-electron chi connectivity index (χ0n) is 12.6. The summed E-state index contributed by atoms with van der Waals surface area (Å²) in [5.41, 5.74) is 0.780. The highest BCUT2D eigenvalue weighted by Gasteiger charge is 2.16. The summed E-state index contributed by atoms with van der Waals surface area (Å²) < 4.78 is 5.41. The van der Waals surface area contributed by atoms with Crippen LogP contribution in [-0.4, -0.2) is 41.4 Å². The van der Waals surface area contributed by atoms with Crippen molar-refractivity contribution in [2.45, 2.75) is 6.92 Å². The Kier molecular flexibility index (Phi) is 4.06. The second-order valence-electron chi connectivity index (χ2n) is 5.17. The number of aromatic hydroxyl groups is 1. The maximum Gasteiger partial charge on any atom is 0.162 e. The molecule has 1 N–H and O–H groups in total. The molecule has 0 radical (unpaired) electrons. The summed E-state index contributed by atoms with van der Waals surface area (Å²) in [5.74, 6) is 1.66. The Bertz CT molecular complexity index is 783. The first-order valence-electron chi connectivity index (χ1n) is 7.34. The second kappa shape index (κ2) is 6.15. The molecule has 1 fully saturated rings. The average Bonchev–Trinajstić information content (AvgIpc) is 2.55. The highest BCUT2D eigenvalue weighted by atomic mass is 16.5. The molecule has 2 aromatic rings. The van der Waals surface area contributed by atoms with Gasteiger partial charge in [0, 0.05) is 23.9 Å². The van der Waals surface area contributed by atoms with Crippen molar-refractivity contribution >= 4 is 18.5 Å². The summed E-state index contributed by atoms with van der Waals surface area (Å²) >= 11 is 0. The normalized spacial score (nSPS) is 16.0. The smallest absolute Gasteiger partial charge is 0.162 e. The molecule has 0 spiro atoms. The molecule has 5 nitrogen and oxygen atoms in total. The summed E-state index contributed by atoms with van der Waals surface area (Å²) in [6.07, 6.45) is 1.99. The van der Waals surface area contributed by atoms with Crippen molar-refractivity contribution in [1.82, 2.24) is 9.97 Å². The van der Waals surface area contributed by atoms with Crippen LogP contribution in [0.5, 0.6) is 5.75 Å². The van der Waals surface area contributed by atoms with Gasteiger partial charge in [-0.2, -0.15) is 0 Å². The van der Waals surface area contributed by atoms with Gasteiger partial charge in [0.2, 0.25) is 0 Å². The van der Waals surface area contributed by atoms with Gasteiger partial charge in [0.1, 0.15) is 11.6 Å². The summed E-state index contributed by atoms with van der Waals surface area (Å²) in [6, 6.07) is 6.96. The number of morpholine rings is 1. The molecule has 3 rings (SSSR count). The van der Waals surface area contributed by atoms with Crippen LogP contribution in [0.15, 0.2) is 24.3 Å². The molecule has 0 bridgehead atoms. The van der Waals surface area contributed by atoms with Gasteiger partial charge < -0.3 is 14.7 Å². The predicted molar refractivity (Wildman–Crippen MR) is 87.1 cm³/mol. The maximum absolute atomic E-state index is 9.66. The van der Waals surface area contributed by atoms with Crippen LogP contribution in [0.1, 0.15) is 6.92 Å². The number of hydrogen-bond acceptors (Lipinski definition) is 5. The van der Waals surface area contributed by atoms with Gasteiger partial charge in [-0.15, -0.1) is 0 Å². The Morgan fingerprint density at radius 2 is 2.05 bits per heavy atom. The fourth-order valence-corrected chi connectivity index (χ4v) is 2.59. The van der Waals surface area contributed by atoms with E-state index >= 15 is 0 Å². The molecule has 2 heterocycles. The third kappa shape index (κ3) is 2.80. The minimum Gasteiger partial charge on any atom is -0.508 e. The van der Waals surface area contributed by atoms with E-state index in [1.54, 1.807) is 18.2 Å². The van der Waals surface area contributed by atoms with Gasteiger partial charge >= 0.3 is 0 Å². The SMILES string of the molecule is C=c1nc(-c2cccc(O)c2)nc(N2CCOCC2)c1=CC. The van der Waals surface area contributed by atoms with E-state index in [0.717, 1.165) is 29.7 Å². The molecule has 1 saturated heterocycles. The number of phenols is 1. The quantitative estimate of drug-likeness (QED) is 0.892. The van der Waals surface area contributed by atoms with Crippen molar-refractivity contribution in [3.8, 4) is 17.1 Å². The zero-order chi connectivity index (χ0) is 15.5. The third-order valence-electron chi connectivity index (χ3n) is 3.71. The van der Waals surface area contributed by atoms with E-state index in [4.69, 9.17) is 9.72 Å². The fraction of sp³-hybridized carbons (Fsp3) is 0.294. The first-order chi connectivity index (χ1) is 10.7. The van der Waals surface area contributed by atoms with Crippen LogP contribution in [0.25, 0.3) is 24.0 Å². The van der Waals surface area contributed by atoms with Crippen molar-refractivity contribution in [2.75, 3.05) is 31.2 Å². The highest BCUT2D eigenvalue weighted by molar-refractivity contribution is 5.60. The number of phenolic OH excluding ortho intramolecular Hbond substituents is 1. The van der Waals surface area contributed by atoms with E-state index < -0.39 is 0 Å². The van der Waals surface area contributed by atoms with Crippen LogP contribution in [0.4, 0.5) is 5.82 Å². The van der Waals surface area contributed by atoms with Crippen molar-refractivity contribution in [3.63, 3.8) is 0 Å². The Labute approximate surface area is 129 Å². The lowest BCUT2D eigenvalue weighted by molar-refractivity contribution is 0.122. The highest BCUT2D eigenvalue weighted by Crippen LogP contribution is 2.20. The average molecular weight is 297 g/mol. The largest absolute Gasteiger partial charge is 0.508 e. The van der Waals surface area contributed by atoms with Gasteiger partial charge in [-0.3, -0.25) is 0 Å². The molecule has 0 unspecified atom stereocenters. The molecule has 1 aromatic heterocycles. The first kappa shape index (κ1) is 14.5. The Morgan fingerprint density at radius 1 is 1.27 bits per heavy atom. The second-order valence-corrected chi connectivity index (χ2v) is 5.17. The van der Waals surface area contributed by atoms with Crippen LogP contribution >= 0.6 is 0 Å². The van der Waals surface area contributed by atoms with Crippen molar-refractivity contribution in [2.24, 2.45) is 0 Å². The molecular weight excluding hydrogens is 278 g/mol. The van der Waals surface area contributed by atoms with E-state index in [0.29, 0.717) is 24.4 Å². The topological polar surface area (TPSA) is 58.5 Å². The molecule has 1 aliphatic heterocycles. The number of rotatable bonds is 2. The summed E-state index contributed by atoms with van der Waals surface area (Å²) in [7, 11) is 0. The standard InChI is InChI=1S/C17H19N3O2/c1-3-15-12(2)18-16(13-5-4-6-14(21)11-13)19-17(15)20-7-9-22-10-8-20/h3-6,11,21H,2,7-10H2,1H3. The maximum atomic E-state index is 9.66. The fourth-order valence-electron chi connectivity index (χ4n) is 2.59. The van der Waals surface area contributed by atoms with Gasteiger partial charge in [0.25, 0.3) is 0 Å². The summed E-state index contributed by atoms with van der Waals surface area (Å²) in [5, 5.41) is 11.3. The number of benzene rings is 1. The first-order valence-corrected chi connectivity index (χ1v) is 7.34. The third-order valence-corrected chi connectivity index (χ3v) is 3.71. The van der Waals surface area contributed by atoms with Crippen LogP contribution in [-0.2, 0) is 4.74 Å². The minimum atomic E-state index is 0.200. The molecule has 1 aromatic carbocycles. The number of anilines is 1. The molecule has 1 aliphatic rings. The van der Waals surface area contributed by atoms with Gasteiger partial charge in [-0.1, -0.05) is 24.8 Å². The molecule has 0 aliphatic carbocycles. The van der Waals surface area contributed by atoms with Crippen molar-refractivity contribution in [3.05, 3.63) is 34.8 Å². The Hall–Kier alpha value is -2.40. The molecule has 114 valence electrons. The molecule has 0 saturated carbocycles. The molecular formula is C17H19N3O2. The van der Waals surface area contributed by atoms with Crippen LogP contribution in [0.2, 0.25) is 0 Å². The van der Waals surface area contributed by atoms with Gasteiger partial charge in [-0.05, 0) is 19.1 Å². The molecule has 5 heteroatoms. The van der Waals surface area contributed by atoms with E-state index in [9.17, 15) is 5.11 Å². The van der Waals surface area contributed by atoms with Gasteiger partial charge in [0.05, 0.1) is 18.6 Å².